The molecule has 1 aliphatic rings. The highest BCUT2D eigenvalue weighted by atomic mass is 32.2. The van der Waals surface area contributed by atoms with E-state index in [0.717, 1.165) is 25.7 Å². The van der Waals surface area contributed by atoms with Crippen molar-refractivity contribution in [3.05, 3.63) is 21.6 Å². The Balaban J connectivity index is 3.49. The van der Waals surface area contributed by atoms with Crippen LogP contribution in [-0.2, 0) is 9.53 Å². The van der Waals surface area contributed by atoms with Crippen molar-refractivity contribution < 1.29 is 9.53 Å². The van der Waals surface area contributed by atoms with Crippen LogP contribution in [0.2, 0.25) is 0 Å². The fraction of sp³-hybridized carbons (Fsp3) is 0.529. The van der Waals surface area contributed by atoms with Gasteiger partial charge in [-0.1, -0.05) is 12.8 Å². The van der Waals surface area contributed by atoms with Crippen molar-refractivity contribution in [3.63, 3.8) is 0 Å². The first-order valence-corrected chi connectivity index (χ1v) is 8.75. The SMILES string of the molecule is CCOC(=O)/C(C#N)=C1\CCCCCC1C(SC)=C(C#N)C#N. The Morgan fingerprint density at radius 2 is 1.91 bits per heavy atom. The molecule has 1 aliphatic carbocycles. The highest BCUT2D eigenvalue weighted by molar-refractivity contribution is 8.02. The number of nitriles is 3. The summed E-state index contributed by atoms with van der Waals surface area (Å²) in [4.78, 5) is 12.7. The summed E-state index contributed by atoms with van der Waals surface area (Å²) in [5, 5.41) is 27.8. The number of nitrogens with zero attached hydrogens (tertiary/aromatic N) is 3. The first kappa shape index (κ1) is 18.8. The Hall–Kier alpha value is -2.23. The van der Waals surface area contributed by atoms with Crippen LogP contribution in [0.5, 0.6) is 0 Å². The number of carbonyl (C=O) groups excluding carboxylic acids is 1. The smallest absolute Gasteiger partial charge is 0.348 e. The molecular weight excluding hydrogens is 310 g/mol. The van der Waals surface area contributed by atoms with Gasteiger partial charge in [-0.05, 0) is 38.0 Å². The van der Waals surface area contributed by atoms with Gasteiger partial charge in [-0.3, -0.25) is 0 Å². The standard InChI is InChI=1S/C17H19N3O2S/c1-3-22-17(21)15(11-20)13-7-5-4-6-8-14(13)16(23-2)12(9-18)10-19/h14H,3-8H2,1-2H3/b15-13+. The zero-order valence-corrected chi connectivity index (χ0v) is 14.2. The van der Waals surface area contributed by atoms with Crippen LogP contribution in [0.3, 0.4) is 0 Å². The molecule has 6 heteroatoms. The molecule has 1 atom stereocenters. The predicted molar refractivity (Wildman–Crippen MR) is 87.6 cm³/mol. The van der Waals surface area contributed by atoms with Crippen LogP contribution >= 0.6 is 11.8 Å². The van der Waals surface area contributed by atoms with Crippen LogP contribution in [-0.4, -0.2) is 18.8 Å². The number of allylic oxidation sites excluding steroid dienone is 3. The summed E-state index contributed by atoms with van der Waals surface area (Å²) >= 11 is 1.34. The second-order valence-electron chi connectivity index (χ2n) is 5.05. The van der Waals surface area contributed by atoms with Gasteiger partial charge in [0.15, 0.2) is 0 Å². The maximum atomic E-state index is 12.1. The van der Waals surface area contributed by atoms with Gasteiger partial charge in [-0.15, -0.1) is 11.8 Å². The molecule has 0 aliphatic heterocycles. The monoisotopic (exact) mass is 329 g/mol. The molecule has 0 saturated heterocycles. The van der Waals surface area contributed by atoms with E-state index in [9.17, 15) is 20.6 Å². The Morgan fingerprint density at radius 3 is 2.43 bits per heavy atom. The van der Waals surface area contributed by atoms with Crippen LogP contribution in [0.15, 0.2) is 21.6 Å². The first-order valence-electron chi connectivity index (χ1n) is 7.53. The van der Waals surface area contributed by atoms with E-state index in [1.807, 2.05) is 24.5 Å². The van der Waals surface area contributed by atoms with Gasteiger partial charge in [-0.2, -0.15) is 15.8 Å². The summed E-state index contributed by atoms with van der Waals surface area (Å²) in [6.45, 7) is 1.90. The van der Waals surface area contributed by atoms with E-state index in [0.29, 0.717) is 16.9 Å². The molecule has 120 valence electrons. The molecule has 0 amide bonds. The molecule has 1 saturated carbocycles. The van der Waals surface area contributed by atoms with E-state index >= 15 is 0 Å². The fourth-order valence-electron chi connectivity index (χ4n) is 2.78. The van der Waals surface area contributed by atoms with Gasteiger partial charge in [0.25, 0.3) is 0 Å². The number of hydrogen-bond acceptors (Lipinski definition) is 6. The molecule has 23 heavy (non-hydrogen) atoms. The lowest BCUT2D eigenvalue weighted by Gasteiger charge is -2.21. The third kappa shape index (κ3) is 4.62. The summed E-state index contributed by atoms with van der Waals surface area (Å²) in [7, 11) is 0. The maximum Gasteiger partial charge on any atom is 0.348 e. The van der Waals surface area contributed by atoms with Gasteiger partial charge in [0.05, 0.1) is 6.61 Å². The first-order chi connectivity index (χ1) is 11.1. The Kier molecular flexibility index (Phi) is 7.95. The van der Waals surface area contributed by atoms with Gasteiger partial charge >= 0.3 is 5.97 Å². The van der Waals surface area contributed by atoms with Crippen molar-refractivity contribution in [3.8, 4) is 18.2 Å². The zero-order valence-electron chi connectivity index (χ0n) is 13.4. The second kappa shape index (κ2) is 9.72. The van der Waals surface area contributed by atoms with Gasteiger partial charge in [0.1, 0.15) is 29.4 Å². The van der Waals surface area contributed by atoms with E-state index in [4.69, 9.17) is 4.74 Å². The highest BCUT2D eigenvalue weighted by Gasteiger charge is 2.29. The topological polar surface area (TPSA) is 97.7 Å². The Bertz CT molecular complexity index is 628. The number of thioether (sulfide) groups is 1. The molecule has 0 aromatic rings. The van der Waals surface area contributed by atoms with Gasteiger partial charge in [-0.25, -0.2) is 4.79 Å². The molecule has 0 radical (unpaired) electrons. The van der Waals surface area contributed by atoms with E-state index in [2.05, 4.69) is 0 Å². The summed E-state index contributed by atoms with van der Waals surface area (Å²) in [6.07, 6.45) is 5.96. The molecule has 0 N–H and O–H groups in total. The molecule has 0 spiro atoms. The van der Waals surface area contributed by atoms with Gasteiger partial charge in [0, 0.05) is 10.8 Å². The molecular formula is C17H19N3O2S. The van der Waals surface area contributed by atoms with Crippen molar-refractivity contribution in [1.82, 2.24) is 0 Å². The molecule has 1 unspecified atom stereocenters. The average molecular weight is 329 g/mol. The predicted octanol–water partition coefficient (Wildman–Crippen LogP) is 3.61. The lowest BCUT2D eigenvalue weighted by Crippen LogP contribution is -2.15. The van der Waals surface area contributed by atoms with Crippen molar-refractivity contribution in [2.75, 3.05) is 12.9 Å². The van der Waals surface area contributed by atoms with E-state index in [1.54, 1.807) is 6.92 Å². The van der Waals surface area contributed by atoms with Gasteiger partial charge in [0.2, 0.25) is 0 Å². The summed E-state index contributed by atoms with van der Waals surface area (Å²) in [6, 6.07) is 5.83. The lowest BCUT2D eigenvalue weighted by atomic mass is 9.88. The molecule has 0 heterocycles. The number of ether oxygens (including phenoxy) is 1. The summed E-state index contributed by atoms with van der Waals surface area (Å²) in [5.74, 6) is -0.853. The minimum Gasteiger partial charge on any atom is -0.462 e. The lowest BCUT2D eigenvalue weighted by molar-refractivity contribution is -0.138. The molecule has 1 rings (SSSR count). The average Bonchev–Trinajstić information content (AvgIpc) is 2.79. The highest BCUT2D eigenvalue weighted by Crippen LogP contribution is 2.40. The molecule has 0 bridgehead atoms. The van der Waals surface area contributed by atoms with Crippen molar-refractivity contribution >= 4 is 17.7 Å². The third-order valence-electron chi connectivity index (χ3n) is 3.78. The van der Waals surface area contributed by atoms with Crippen molar-refractivity contribution in [1.29, 1.82) is 15.8 Å². The van der Waals surface area contributed by atoms with Crippen LogP contribution in [0, 0.1) is 39.9 Å². The van der Waals surface area contributed by atoms with Crippen LogP contribution in [0.1, 0.15) is 39.0 Å². The maximum absolute atomic E-state index is 12.1. The Morgan fingerprint density at radius 1 is 1.22 bits per heavy atom. The summed E-state index contributed by atoms with van der Waals surface area (Å²) < 4.78 is 4.99. The molecule has 5 nitrogen and oxygen atoms in total. The molecule has 0 aromatic heterocycles. The van der Waals surface area contributed by atoms with Crippen LogP contribution in [0.25, 0.3) is 0 Å². The minimum absolute atomic E-state index is 0.0283. The number of rotatable bonds is 4. The molecule has 1 fully saturated rings. The van der Waals surface area contributed by atoms with E-state index in [1.165, 1.54) is 11.8 Å². The van der Waals surface area contributed by atoms with E-state index < -0.39 is 5.97 Å². The molecule has 0 aromatic carbocycles. The zero-order chi connectivity index (χ0) is 17.2. The van der Waals surface area contributed by atoms with E-state index in [-0.39, 0.29) is 23.7 Å². The number of hydrogen-bond donors (Lipinski definition) is 0. The number of carbonyl (C=O) groups is 1. The largest absolute Gasteiger partial charge is 0.462 e. The third-order valence-corrected chi connectivity index (χ3v) is 4.71. The Labute approximate surface area is 141 Å². The van der Waals surface area contributed by atoms with Crippen LogP contribution in [0.4, 0.5) is 0 Å². The van der Waals surface area contributed by atoms with Gasteiger partial charge < -0.3 is 4.74 Å². The quantitative estimate of drug-likeness (QED) is 0.338. The normalized spacial score (nSPS) is 19.3. The van der Waals surface area contributed by atoms with Crippen LogP contribution < -0.4 is 0 Å². The number of esters is 1. The minimum atomic E-state index is -0.618. The second-order valence-corrected chi connectivity index (χ2v) is 5.90. The summed E-state index contributed by atoms with van der Waals surface area (Å²) in [5.41, 5.74) is 0.791. The van der Waals surface area contributed by atoms with Crippen molar-refractivity contribution in [2.24, 2.45) is 5.92 Å². The van der Waals surface area contributed by atoms with Crippen molar-refractivity contribution in [2.45, 2.75) is 39.0 Å². The fourth-order valence-corrected chi connectivity index (χ4v) is 3.62.